The Balaban J connectivity index is 2.78. The van der Waals surface area contributed by atoms with Crippen LogP contribution in [-0.2, 0) is 0 Å². The molecule has 0 unspecified atom stereocenters. The fourth-order valence-electron chi connectivity index (χ4n) is 1.38. The van der Waals surface area contributed by atoms with Crippen LogP contribution in [0.25, 0.3) is 0 Å². The Bertz CT molecular complexity index is 515. The molecule has 0 saturated heterocycles. The van der Waals surface area contributed by atoms with Crippen molar-refractivity contribution in [2.24, 2.45) is 0 Å². The highest BCUT2D eigenvalue weighted by atomic mass is 19.4. The maximum Gasteiger partial charge on any atom is 0.389 e. The number of hydrogen-bond acceptors (Lipinski definition) is 4. The molecule has 0 bridgehead atoms. The molecule has 0 heterocycles. The lowest BCUT2D eigenvalue weighted by atomic mass is 10.2. The molecule has 0 spiro atoms. The van der Waals surface area contributed by atoms with Crippen LogP contribution in [0.2, 0.25) is 0 Å². The third-order valence-corrected chi connectivity index (χ3v) is 2.27. The summed E-state index contributed by atoms with van der Waals surface area (Å²) in [6, 6.07) is 2.82. The van der Waals surface area contributed by atoms with Crippen molar-refractivity contribution in [3.63, 3.8) is 0 Å². The molecular formula is C11H10F3NO5. The van der Waals surface area contributed by atoms with Crippen LogP contribution in [0, 0.1) is 10.1 Å². The Labute approximate surface area is 110 Å². The number of non-ortho nitro benzene ring substituents is 1. The smallest absolute Gasteiger partial charge is 0.389 e. The molecule has 1 aromatic rings. The fraction of sp³-hybridized carbons (Fsp3) is 0.364. The molecule has 0 atom stereocenters. The summed E-state index contributed by atoms with van der Waals surface area (Å²) in [5.41, 5.74) is -0.747. The van der Waals surface area contributed by atoms with Crippen molar-refractivity contribution < 1.29 is 32.7 Å². The maximum absolute atomic E-state index is 11.9. The van der Waals surface area contributed by atoms with Gasteiger partial charge in [-0.3, -0.25) is 10.1 Å². The predicted molar refractivity (Wildman–Crippen MR) is 60.8 cm³/mol. The van der Waals surface area contributed by atoms with Crippen molar-refractivity contribution in [1.29, 1.82) is 0 Å². The van der Waals surface area contributed by atoms with Gasteiger partial charge in [0.05, 0.1) is 17.6 Å². The van der Waals surface area contributed by atoms with Gasteiger partial charge in [-0.15, -0.1) is 0 Å². The van der Waals surface area contributed by atoms with Gasteiger partial charge in [-0.05, 0) is 12.5 Å². The highest BCUT2D eigenvalue weighted by molar-refractivity contribution is 5.91. The molecule has 1 aromatic carbocycles. The number of hydrogen-bond donors (Lipinski definition) is 1. The monoisotopic (exact) mass is 293 g/mol. The number of rotatable bonds is 6. The van der Waals surface area contributed by atoms with Crippen LogP contribution in [0.4, 0.5) is 18.9 Å². The topological polar surface area (TPSA) is 89.7 Å². The zero-order valence-corrected chi connectivity index (χ0v) is 10.0. The summed E-state index contributed by atoms with van der Waals surface area (Å²) in [5.74, 6) is -1.71. The van der Waals surface area contributed by atoms with Crippen LogP contribution in [0.1, 0.15) is 23.2 Å². The number of carboxylic acid groups (broad SMARTS) is 1. The summed E-state index contributed by atoms with van der Waals surface area (Å²) in [6.07, 6.45) is -5.78. The lowest BCUT2D eigenvalue weighted by Crippen LogP contribution is -2.11. The van der Waals surface area contributed by atoms with E-state index in [4.69, 9.17) is 9.84 Å². The van der Waals surface area contributed by atoms with E-state index in [9.17, 15) is 28.1 Å². The van der Waals surface area contributed by atoms with Crippen LogP contribution in [0.15, 0.2) is 18.2 Å². The first-order valence-electron chi connectivity index (χ1n) is 5.42. The van der Waals surface area contributed by atoms with Gasteiger partial charge >= 0.3 is 12.1 Å². The van der Waals surface area contributed by atoms with Gasteiger partial charge < -0.3 is 9.84 Å². The number of benzene rings is 1. The molecule has 0 aliphatic heterocycles. The first-order valence-corrected chi connectivity index (χ1v) is 5.42. The Kier molecular flexibility index (Phi) is 4.89. The number of nitro groups is 1. The molecule has 0 aromatic heterocycles. The van der Waals surface area contributed by atoms with Crippen LogP contribution >= 0.6 is 0 Å². The third-order valence-electron chi connectivity index (χ3n) is 2.27. The molecule has 6 nitrogen and oxygen atoms in total. The Morgan fingerprint density at radius 2 is 2.05 bits per heavy atom. The minimum atomic E-state index is -4.33. The molecule has 9 heteroatoms. The van der Waals surface area contributed by atoms with Gasteiger partial charge in [-0.25, -0.2) is 4.79 Å². The maximum atomic E-state index is 11.9. The Morgan fingerprint density at radius 1 is 1.40 bits per heavy atom. The predicted octanol–water partition coefficient (Wildman–Crippen LogP) is 3.01. The number of nitrogens with zero attached hydrogens (tertiary/aromatic N) is 1. The van der Waals surface area contributed by atoms with Gasteiger partial charge in [0, 0.05) is 12.5 Å². The van der Waals surface area contributed by atoms with E-state index in [1.165, 1.54) is 0 Å². The lowest BCUT2D eigenvalue weighted by molar-refractivity contribution is -0.384. The number of ether oxygens (including phenoxy) is 1. The summed E-state index contributed by atoms with van der Waals surface area (Å²) in [4.78, 5) is 20.7. The number of carboxylic acids is 1. The number of alkyl halides is 3. The Hall–Kier alpha value is -2.32. The van der Waals surface area contributed by atoms with Gasteiger partial charge in [0.1, 0.15) is 11.3 Å². The average Bonchev–Trinajstić information content (AvgIpc) is 2.33. The largest absolute Gasteiger partial charge is 0.492 e. The van der Waals surface area contributed by atoms with Gasteiger partial charge in [0.25, 0.3) is 5.69 Å². The number of aromatic carboxylic acids is 1. The zero-order chi connectivity index (χ0) is 15.3. The standard InChI is InChI=1S/C11H10F3NO5/c12-11(13,14)4-1-5-20-9-6-7(15(18)19)2-3-8(9)10(16)17/h2-3,6H,1,4-5H2,(H,16,17). The molecule has 1 rings (SSSR count). The Morgan fingerprint density at radius 3 is 2.55 bits per heavy atom. The molecule has 0 amide bonds. The van der Waals surface area contributed by atoms with E-state index in [0.29, 0.717) is 0 Å². The fourth-order valence-corrected chi connectivity index (χ4v) is 1.38. The highest BCUT2D eigenvalue weighted by Crippen LogP contribution is 2.26. The zero-order valence-electron chi connectivity index (χ0n) is 10.0. The van der Waals surface area contributed by atoms with Crippen LogP contribution in [0.3, 0.4) is 0 Å². The van der Waals surface area contributed by atoms with Crippen LogP contribution < -0.4 is 4.74 Å². The molecule has 110 valence electrons. The molecule has 0 fully saturated rings. The SMILES string of the molecule is O=C(O)c1ccc([N+](=O)[O-])cc1OCCCC(F)(F)F. The number of halogens is 3. The van der Waals surface area contributed by atoms with E-state index in [0.717, 1.165) is 18.2 Å². The minimum Gasteiger partial charge on any atom is -0.492 e. The molecule has 1 N–H and O–H groups in total. The van der Waals surface area contributed by atoms with Crippen LogP contribution in [0.5, 0.6) is 5.75 Å². The summed E-state index contributed by atoms with van der Waals surface area (Å²) >= 11 is 0. The van der Waals surface area contributed by atoms with Crippen molar-refractivity contribution >= 4 is 11.7 Å². The second kappa shape index (κ2) is 6.22. The molecule has 0 aliphatic carbocycles. The molecule has 0 radical (unpaired) electrons. The van der Waals surface area contributed by atoms with E-state index in [1.54, 1.807) is 0 Å². The summed E-state index contributed by atoms with van der Waals surface area (Å²) < 4.78 is 40.7. The highest BCUT2D eigenvalue weighted by Gasteiger charge is 2.26. The number of nitro benzene ring substituents is 1. The molecule has 0 aliphatic rings. The summed E-state index contributed by atoms with van der Waals surface area (Å²) in [7, 11) is 0. The molecular weight excluding hydrogens is 283 g/mol. The molecule has 20 heavy (non-hydrogen) atoms. The normalized spacial score (nSPS) is 11.2. The van der Waals surface area contributed by atoms with Gasteiger partial charge in [-0.1, -0.05) is 0 Å². The second-order valence-corrected chi connectivity index (χ2v) is 3.81. The van der Waals surface area contributed by atoms with Crippen molar-refractivity contribution in [2.75, 3.05) is 6.61 Å². The lowest BCUT2D eigenvalue weighted by Gasteiger charge is -2.10. The van der Waals surface area contributed by atoms with Gasteiger partial charge in [0.2, 0.25) is 0 Å². The van der Waals surface area contributed by atoms with E-state index in [2.05, 4.69) is 0 Å². The number of carbonyl (C=O) groups is 1. The van der Waals surface area contributed by atoms with E-state index < -0.39 is 29.2 Å². The van der Waals surface area contributed by atoms with Crippen LogP contribution in [-0.4, -0.2) is 28.8 Å². The quantitative estimate of drug-likeness (QED) is 0.494. The first kappa shape index (κ1) is 15.7. The first-order chi connectivity index (χ1) is 9.20. The van der Waals surface area contributed by atoms with Crippen molar-refractivity contribution in [2.45, 2.75) is 19.0 Å². The van der Waals surface area contributed by atoms with E-state index in [1.807, 2.05) is 0 Å². The van der Waals surface area contributed by atoms with Crippen molar-refractivity contribution in [1.82, 2.24) is 0 Å². The van der Waals surface area contributed by atoms with E-state index in [-0.39, 0.29) is 24.3 Å². The van der Waals surface area contributed by atoms with Crippen molar-refractivity contribution in [3.8, 4) is 5.75 Å². The van der Waals surface area contributed by atoms with Crippen molar-refractivity contribution in [3.05, 3.63) is 33.9 Å². The second-order valence-electron chi connectivity index (χ2n) is 3.81. The summed E-state index contributed by atoms with van der Waals surface area (Å²) in [5, 5.41) is 19.4. The third kappa shape index (κ3) is 4.75. The molecule has 0 saturated carbocycles. The summed E-state index contributed by atoms with van der Waals surface area (Å²) in [6.45, 7) is -0.388. The van der Waals surface area contributed by atoms with E-state index >= 15 is 0 Å². The minimum absolute atomic E-state index is 0.325. The van der Waals surface area contributed by atoms with Gasteiger partial charge in [-0.2, -0.15) is 13.2 Å². The van der Waals surface area contributed by atoms with Gasteiger partial charge in [0.15, 0.2) is 0 Å². The average molecular weight is 293 g/mol.